The van der Waals surface area contributed by atoms with E-state index in [4.69, 9.17) is 10.5 Å². The van der Waals surface area contributed by atoms with Crippen molar-refractivity contribution in [1.29, 1.82) is 0 Å². The van der Waals surface area contributed by atoms with E-state index in [0.717, 1.165) is 18.3 Å². The molecule has 0 aliphatic heterocycles. The Hall–Kier alpha value is -1.23. The van der Waals surface area contributed by atoms with Crippen LogP contribution in [0.1, 0.15) is 37.3 Å². The summed E-state index contributed by atoms with van der Waals surface area (Å²) >= 11 is 0. The quantitative estimate of drug-likeness (QED) is 0.728. The molecule has 1 heterocycles. The predicted molar refractivity (Wildman–Crippen MR) is 56.4 cm³/mol. The summed E-state index contributed by atoms with van der Waals surface area (Å²) in [4.78, 5) is 12.6. The highest BCUT2D eigenvalue weighted by atomic mass is 16.5. The van der Waals surface area contributed by atoms with Crippen LogP contribution in [0.15, 0.2) is 0 Å². The van der Waals surface area contributed by atoms with Crippen molar-refractivity contribution in [3.63, 3.8) is 0 Å². The Bertz CT molecular complexity index is 338. The molecule has 1 aromatic heterocycles. The molecule has 5 nitrogen and oxygen atoms in total. The van der Waals surface area contributed by atoms with Crippen LogP contribution >= 0.6 is 0 Å². The van der Waals surface area contributed by atoms with Crippen molar-refractivity contribution in [3.05, 3.63) is 11.6 Å². The van der Waals surface area contributed by atoms with Gasteiger partial charge >= 0.3 is 0 Å². The number of hydrogen-bond donors (Lipinski definition) is 1. The average Bonchev–Trinajstić information content (AvgIpc) is 3.00. The fourth-order valence-corrected chi connectivity index (χ4v) is 1.40. The molecule has 2 rings (SSSR count). The lowest BCUT2D eigenvalue weighted by Gasteiger charge is -2.03. The van der Waals surface area contributed by atoms with Crippen LogP contribution in [0.5, 0.6) is 0 Å². The van der Waals surface area contributed by atoms with Crippen LogP contribution in [0.3, 0.4) is 0 Å². The molecule has 0 atom stereocenters. The summed E-state index contributed by atoms with van der Waals surface area (Å²) in [6.07, 6.45) is 3.06. The van der Waals surface area contributed by atoms with Crippen molar-refractivity contribution in [2.45, 2.75) is 32.1 Å². The second kappa shape index (κ2) is 4.53. The summed E-state index contributed by atoms with van der Waals surface area (Å²) in [7, 11) is 0. The summed E-state index contributed by atoms with van der Waals surface area (Å²) in [6, 6.07) is 0. The lowest BCUT2D eigenvalue weighted by molar-refractivity contribution is 0.149. The zero-order valence-electron chi connectivity index (χ0n) is 8.94. The zero-order valence-corrected chi connectivity index (χ0v) is 8.94. The predicted octanol–water partition coefficient (Wildman–Crippen LogP) is 0.910. The first-order valence-electron chi connectivity index (χ1n) is 5.37. The molecule has 15 heavy (non-hydrogen) atoms. The summed E-state index contributed by atoms with van der Waals surface area (Å²) in [6.45, 7) is 3.33. The fourth-order valence-electron chi connectivity index (χ4n) is 1.40. The smallest absolute Gasteiger partial charge is 0.223 e. The van der Waals surface area contributed by atoms with Crippen LogP contribution in [0.25, 0.3) is 0 Å². The minimum atomic E-state index is 0.332. The molecule has 5 heteroatoms. The SMILES string of the molecule is CCOCCc1nc(N)nc(C2CC2)n1. The van der Waals surface area contributed by atoms with E-state index in [9.17, 15) is 0 Å². The number of rotatable bonds is 5. The van der Waals surface area contributed by atoms with Crippen molar-refractivity contribution in [2.75, 3.05) is 18.9 Å². The number of anilines is 1. The highest BCUT2D eigenvalue weighted by Crippen LogP contribution is 2.37. The number of nitrogens with zero attached hydrogens (tertiary/aromatic N) is 3. The van der Waals surface area contributed by atoms with Gasteiger partial charge in [-0.2, -0.15) is 9.97 Å². The standard InChI is InChI=1S/C10H16N4O/c1-2-15-6-5-8-12-9(7-3-4-7)14-10(11)13-8/h7H,2-6H2,1H3,(H2,11,12,13,14). The van der Waals surface area contributed by atoms with E-state index >= 15 is 0 Å². The van der Waals surface area contributed by atoms with E-state index in [0.29, 0.717) is 24.9 Å². The topological polar surface area (TPSA) is 73.9 Å². The van der Waals surface area contributed by atoms with Gasteiger partial charge < -0.3 is 10.5 Å². The molecule has 0 radical (unpaired) electrons. The van der Waals surface area contributed by atoms with Crippen LogP contribution in [-0.2, 0) is 11.2 Å². The largest absolute Gasteiger partial charge is 0.381 e. The van der Waals surface area contributed by atoms with Crippen molar-refractivity contribution < 1.29 is 4.74 Å². The van der Waals surface area contributed by atoms with Gasteiger partial charge in [-0.15, -0.1) is 0 Å². The molecule has 1 saturated carbocycles. The third-order valence-corrected chi connectivity index (χ3v) is 2.33. The fraction of sp³-hybridized carbons (Fsp3) is 0.700. The number of ether oxygens (including phenoxy) is 1. The molecule has 0 aromatic carbocycles. The maximum absolute atomic E-state index is 5.63. The number of nitrogens with two attached hydrogens (primary N) is 1. The average molecular weight is 208 g/mol. The molecule has 0 saturated heterocycles. The molecular weight excluding hydrogens is 192 g/mol. The molecular formula is C10H16N4O. The van der Waals surface area contributed by atoms with Gasteiger partial charge in [0.05, 0.1) is 6.61 Å². The Morgan fingerprint density at radius 1 is 1.33 bits per heavy atom. The minimum absolute atomic E-state index is 0.332. The second-order valence-electron chi connectivity index (χ2n) is 3.69. The first-order chi connectivity index (χ1) is 7.29. The highest BCUT2D eigenvalue weighted by molar-refractivity contribution is 5.19. The maximum Gasteiger partial charge on any atom is 0.223 e. The maximum atomic E-state index is 5.63. The summed E-state index contributed by atoms with van der Waals surface area (Å²) in [5, 5.41) is 0. The van der Waals surface area contributed by atoms with Gasteiger partial charge in [0.25, 0.3) is 0 Å². The van der Waals surface area contributed by atoms with Crippen molar-refractivity contribution in [3.8, 4) is 0 Å². The Kier molecular flexibility index (Phi) is 3.11. The van der Waals surface area contributed by atoms with Crippen LogP contribution < -0.4 is 5.73 Å². The molecule has 0 unspecified atom stereocenters. The van der Waals surface area contributed by atoms with E-state index in [-0.39, 0.29) is 0 Å². The third-order valence-electron chi connectivity index (χ3n) is 2.33. The molecule has 0 amide bonds. The van der Waals surface area contributed by atoms with Crippen LogP contribution in [0.2, 0.25) is 0 Å². The summed E-state index contributed by atoms with van der Waals surface area (Å²) < 4.78 is 5.25. The van der Waals surface area contributed by atoms with Crippen LogP contribution in [0, 0.1) is 0 Å². The molecule has 1 aliphatic carbocycles. The molecule has 1 aromatic rings. The third kappa shape index (κ3) is 2.86. The number of hydrogen-bond acceptors (Lipinski definition) is 5. The molecule has 1 aliphatic rings. The van der Waals surface area contributed by atoms with Gasteiger partial charge in [0, 0.05) is 18.9 Å². The van der Waals surface area contributed by atoms with E-state index in [1.54, 1.807) is 0 Å². The van der Waals surface area contributed by atoms with E-state index in [1.807, 2.05) is 6.92 Å². The Morgan fingerprint density at radius 2 is 2.13 bits per heavy atom. The van der Waals surface area contributed by atoms with Gasteiger partial charge in [-0.1, -0.05) is 0 Å². The van der Waals surface area contributed by atoms with Crippen LogP contribution in [-0.4, -0.2) is 28.2 Å². The van der Waals surface area contributed by atoms with E-state index in [1.165, 1.54) is 12.8 Å². The van der Waals surface area contributed by atoms with Crippen molar-refractivity contribution in [1.82, 2.24) is 15.0 Å². The van der Waals surface area contributed by atoms with E-state index < -0.39 is 0 Å². The Morgan fingerprint density at radius 3 is 2.80 bits per heavy atom. The molecule has 1 fully saturated rings. The normalized spacial score (nSPS) is 15.5. The van der Waals surface area contributed by atoms with Crippen LogP contribution in [0.4, 0.5) is 5.95 Å². The molecule has 82 valence electrons. The highest BCUT2D eigenvalue weighted by Gasteiger charge is 2.27. The first-order valence-corrected chi connectivity index (χ1v) is 5.37. The summed E-state index contributed by atoms with van der Waals surface area (Å²) in [5.41, 5.74) is 5.63. The second-order valence-corrected chi connectivity index (χ2v) is 3.69. The van der Waals surface area contributed by atoms with Gasteiger partial charge in [-0.25, -0.2) is 4.98 Å². The van der Waals surface area contributed by atoms with Gasteiger partial charge in [0.15, 0.2) is 0 Å². The zero-order chi connectivity index (χ0) is 10.7. The lowest BCUT2D eigenvalue weighted by atomic mass is 10.3. The number of aromatic nitrogens is 3. The van der Waals surface area contributed by atoms with Gasteiger partial charge in [0.2, 0.25) is 5.95 Å². The lowest BCUT2D eigenvalue weighted by Crippen LogP contribution is -2.09. The monoisotopic (exact) mass is 208 g/mol. The number of nitrogen functional groups attached to an aromatic ring is 1. The van der Waals surface area contributed by atoms with Gasteiger partial charge in [-0.05, 0) is 19.8 Å². The Balaban J connectivity index is 2.02. The minimum Gasteiger partial charge on any atom is -0.381 e. The van der Waals surface area contributed by atoms with Gasteiger partial charge in [-0.3, -0.25) is 0 Å². The molecule has 0 spiro atoms. The van der Waals surface area contributed by atoms with E-state index in [2.05, 4.69) is 15.0 Å². The summed E-state index contributed by atoms with van der Waals surface area (Å²) in [5.74, 6) is 2.45. The molecule has 0 bridgehead atoms. The molecule has 2 N–H and O–H groups in total. The first kappa shape index (κ1) is 10.3. The van der Waals surface area contributed by atoms with Crippen molar-refractivity contribution in [2.24, 2.45) is 0 Å². The van der Waals surface area contributed by atoms with Crippen molar-refractivity contribution >= 4 is 5.95 Å². The van der Waals surface area contributed by atoms with Gasteiger partial charge in [0.1, 0.15) is 11.6 Å². The Labute approximate surface area is 89.1 Å².